The van der Waals surface area contributed by atoms with E-state index in [-0.39, 0.29) is 24.0 Å². The summed E-state index contributed by atoms with van der Waals surface area (Å²) in [5.41, 5.74) is 2.56. The van der Waals surface area contributed by atoms with Crippen molar-refractivity contribution in [1.82, 2.24) is 0 Å². The average molecular weight is 635 g/mol. The highest BCUT2D eigenvalue weighted by molar-refractivity contribution is 5.86. The fraction of sp³-hybridized carbons (Fsp3) is 0.634. The molecule has 0 N–H and O–H groups in total. The summed E-state index contributed by atoms with van der Waals surface area (Å²) in [6, 6.07) is 21.0. The van der Waals surface area contributed by atoms with Crippen LogP contribution in [0.1, 0.15) is 142 Å². The Morgan fingerprint density at radius 3 is 1.98 bits per heavy atom. The molecule has 0 radical (unpaired) electrons. The second-order valence-electron chi connectivity index (χ2n) is 13.0. The van der Waals surface area contributed by atoms with E-state index in [1.54, 1.807) is 0 Å². The van der Waals surface area contributed by atoms with E-state index in [1.807, 2.05) is 39.0 Å². The van der Waals surface area contributed by atoms with E-state index in [9.17, 15) is 14.4 Å². The van der Waals surface area contributed by atoms with Gasteiger partial charge in [0, 0.05) is 37.7 Å². The first-order valence-corrected chi connectivity index (χ1v) is 18.2. The summed E-state index contributed by atoms with van der Waals surface area (Å²) in [6.07, 6.45) is 11.7. The minimum atomic E-state index is -0.0556. The zero-order valence-electron chi connectivity index (χ0n) is 29.7. The number of hydrogen-bond donors (Lipinski definition) is 0. The second-order valence-corrected chi connectivity index (χ2v) is 13.0. The Kier molecular flexibility index (Phi) is 19.6. The van der Waals surface area contributed by atoms with E-state index in [4.69, 9.17) is 9.47 Å². The Hall–Kier alpha value is -2.63. The standard InChI is InChI=1S/C21H24O.C10H18O2.C8H14O2.C2H6/c1-16-12-13-19(17-8-4-2-5-9-17)15-20(21(22)14-16)18-10-6-3-7-11-18;1-3-4-5-9-7-12-8(2)6-10(9)11;1-2-6-10-8-5-3-4-7(8)9;1-2/h2-11,16,19-20H,12-15H2,1H3;8-9H,3-7H2,1-2H3;8H,2-6H2,1H3;1-2H3/t16-,19+,20-;8-,9-;8-;/m100./s1. The van der Waals surface area contributed by atoms with Gasteiger partial charge in [0.25, 0.3) is 0 Å². The van der Waals surface area contributed by atoms with E-state index in [1.165, 1.54) is 24.0 Å². The summed E-state index contributed by atoms with van der Waals surface area (Å²) < 4.78 is 10.8. The summed E-state index contributed by atoms with van der Waals surface area (Å²) in [4.78, 5) is 35.1. The van der Waals surface area contributed by atoms with Gasteiger partial charge in [-0.3, -0.25) is 14.4 Å². The summed E-state index contributed by atoms with van der Waals surface area (Å²) in [6.45, 7) is 13.8. The Bertz CT molecular complexity index is 1110. The molecule has 2 aliphatic carbocycles. The fourth-order valence-electron chi connectivity index (χ4n) is 6.44. The molecule has 0 unspecified atom stereocenters. The Balaban J connectivity index is 0.000000259. The molecular weight excluding hydrogens is 572 g/mol. The third-order valence-corrected chi connectivity index (χ3v) is 9.14. The minimum Gasteiger partial charge on any atom is -0.377 e. The molecule has 3 aliphatic rings. The molecule has 2 aromatic carbocycles. The maximum Gasteiger partial charge on any atom is 0.161 e. The van der Waals surface area contributed by atoms with Crippen LogP contribution in [0.15, 0.2) is 60.7 Å². The first-order valence-electron chi connectivity index (χ1n) is 18.2. The van der Waals surface area contributed by atoms with Gasteiger partial charge in [-0.15, -0.1) is 0 Å². The smallest absolute Gasteiger partial charge is 0.161 e. The van der Waals surface area contributed by atoms with Crippen LogP contribution in [0.25, 0.3) is 0 Å². The number of Topliss-reactive ketones (excluding diaryl/α,β-unsaturated/α-hetero) is 3. The largest absolute Gasteiger partial charge is 0.377 e. The lowest BCUT2D eigenvalue weighted by atomic mass is 9.75. The molecule has 46 heavy (non-hydrogen) atoms. The van der Waals surface area contributed by atoms with Crippen LogP contribution in [0.5, 0.6) is 0 Å². The van der Waals surface area contributed by atoms with Gasteiger partial charge < -0.3 is 9.47 Å². The second kappa shape index (κ2) is 22.8. The lowest BCUT2D eigenvalue weighted by Crippen LogP contribution is -2.32. The number of ether oxygens (including phenoxy) is 2. The van der Waals surface area contributed by atoms with Crippen molar-refractivity contribution in [2.45, 2.75) is 143 Å². The number of unbranched alkanes of at least 4 members (excludes halogenated alkanes) is 1. The van der Waals surface area contributed by atoms with Gasteiger partial charge in [-0.25, -0.2) is 0 Å². The number of hydrogen-bond acceptors (Lipinski definition) is 5. The molecule has 0 bridgehead atoms. The highest BCUT2D eigenvalue weighted by atomic mass is 16.5. The molecule has 5 nitrogen and oxygen atoms in total. The molecule has 2 saturated carbocycles. The van der Waals surface area contributed by atoms with Crippen LogP contribution in [0, 0.1) is 11.8 Å². The molecular formula is C41H62O5. The zero-order chi connectivity index (χ0) is 33.7. The van der Waals surface area contributed by atoms with E-state index in [0.29, 0.717) is 42.2 Å². The number of carbonyl (C=O) groups excluding carboxylic acids is 3. The Morgan fingerprint density at radius 1 is 0.761 bits per heavy atom. The number of benzene rings is 2. The predicted octanol–water partition coefficient (Wildman–Crippen LogP) is 10.1. The van der Waals surface area contributed by atoms with Gasteiger partial charge in [-0.1, -0.05) is 108 Å². The van der Waals surface area contributed by atoms with Crippen molar-refractivity contribution < 1.29 is 23.9 Å². The third kappa shape index (κ3) is 14.0. The molecule has 1 heterocycles. The van der Waals surface area contributed by atoms with Crippen molar-refractivity contribution in [3.63, 3.8) is 0 Å². The van der Waals surface area contributed by atoms with Gasteiger partial charge in [0.05, 0.1) is 12.7 Å². The van der Waals surface area contributed by atoms with Crippen molar-refractivity contribution in [2.75, 3.05) is 13.2 Å². The monoisotopic (exact) mass is 634 g/mol. The van der Waals surface area contributed by atoms with Crippen LogP contribution in [0.3, 0.4) is 0 Å². The Morgan fingerprint density at radius 2 is 1.41 bits per heavy atom. The van der Waals surface area contributed by atoms with E-state index >= 15 is 0 Å². The summed E-state index contributed by atoms with van der Waals surface area (Å²) >= 11 is 0. The predicted molar refractivity (Wildman–Crippen MR) is 189 cm³/mol. The Labute approximate surface area is 280 Å². The lowest BCUT2D eigenvalue weighted by molar-refractivity contribution is -0.135. The topological polar surface area (TPSA) is 69.7 Å². The molecule has 1 aliphatic heterocycles. The maximum absolute atomic E-state index is 12.8. The van der Waals surface area contributed by atoms with Crippen molar-refractivity contribution in [3.05, 3.63) is 71.8 Å². The average Bonchev–Trinajstić information content (AvgIpc) is 3.49. The molecule has 256 valence electrons. The van der Waals surface area contributed by atoms with Gasteiger partial charge in [-0.2, -0.15) is 0 Å². The normalized spacial score (nSPS) is 26.3. The van der Waals surface area contributed by atoms with Crippen LogP contribution in [-0.4, -0.2) is 42.8 Å². The maximum atomic E-state index is 12.8. The van der Waals surface area contributed by atoms with Gasteiger partial charge in [0.15, 0.2) is 5.78 Å². The molecule has 3 fully saturated rings. The van der Waals surface area contributed by atoms with Crippen molar-refractivity contribution in [2.24, 2.45) is 11.8 Å². The molecule has 0 amide bonds. The lowest BCUT2D eigenvalue weighted by Gasteiger charge is -2.28. The number of ketones is 3. The van der Waals surface area contributed by atoms with Crippen molar-refractivity contribution in [3.8, 4) is 0 Å². The minimum absolute atomic E-state index is 0.0501. The molecule has 0 aromatic heterocycles. The van der Waals surface area contributed by atoms with Crippen LogP contribution in [0.2, 0.25) is 0 Å². The van der Waals surface area contributed by atoms with Gasteiger partial charge in [0.2, 0.25) is 0 Å². The highest BCUT2D eigenvalue weighted by Crippen LogP contribution is 2.38. The molecule has 6 atom stereocenters. The van der Waals surface area contributed by atoms with E-state index in [2.05, 4.69) is 63.2 Å². The molecule has 1 saturated heterocycles. The van der Waals surface area contributed by atoms with E-state index in [0.717, 1.165) is 64.4 Å². The van der Waals surface area contributed by atoms with Crippen LogP contribution < -0.4 is 0 Å². The molecule has 0 spiro atoms. The summed E-state index contributed by atoms with van der Waals surface area (Å²) in [5, 5.41) is 0. The molecule has 5 rings (SSSR count). The fourth-order valence-corrected chi connectivity index (χ4v) is 6.44. The van der Waals surface area contributed by atoms with Crippen molar-refractivity contribution in [1.29, 1.82) is 0 Å². The quantitative estimate of drug-likeness (QED) is 0.289. The third-order valence-electron chi connectivity index (χ3n) is 9.14. The van der Waals surface area contributed by atoms with Crippen LogP contribution >= 0.6 is 0 Å². The first-order chi connectivity index (χ1) is 22.3. The molecule has 5 heteroatoms. The highest BCUT2D eigenvalue weighted by Gasteiger charge is 2.29. The van der Waals surface area contributed by atoms with E-state index < -0.39 is 0 Å². The summed E-state index contributed by atoms with van der Waals surface area (Å²) in [5.74, 6) is 2.34. The summed E-state index contributed by atoms with van der Waals surface area (Å²) in [7, 11) is 0. The van der Waals surface area contributed by atoms with Gasteiger partial charge >= 0.3 is 0 Å². The SMILES string of the molecule is CC.CCCC[C@H]1CO[C@@H](C)CC1=O.CCCO[C@H]1CCCC1=O.C[C@@H]1CC[C@H](c2ccccc2)C[C@H](c2ccccc2)C(=O)C1. The van der Waals surface area contributed by atoms with Crippen LogP contribution in [-0.2, 0) is 23.9 Å². The van der Waals surface area contributed by atoms with Gasteiger partial charge in [-0.05, 0) is 74.8 Å². The number of rotatable bonds is 8. The molecule has 2 aromatic rings. The van der Waals surface area contributed by atoms with Crippen LogP contribution in [0.4, 0.5) is 0 Å². The van der Waals surface area contributed by atoms with Crippen molar-refractivity contribution >= 4 is 17.3 Å². The first kappa shape index (κ1) is 39.5. The zero-order valence-corrected chi connectivity index (χ0v) is 29.7. The van der Waals surface area contributed by atoms with Gasteiger partial charge in [0.1, 0.15) is 17.7 Å². The number of carbonyl (C=O) groups is 3.